The van der Waals surface area contributed by atoms with Gasteiger partial charge in [0.2, 0.25) is 0 Å². The van der Waals surface area contributed by atoms with Gasteiger partial charge in [-0.2, -0.15) is 0 Å². The van der Waals surface area contributed by atoms with Gasteiger partial charge in [-0.1, -0.05) is 93.5 Å². The standard InChI is InChI=1S/C14H29Br.C3H9N.ClH/c1-2-3-4-5-6-7-8-9-10-11-12-13-14-15;1-4(2)3;/h2-14H2,1H3;1-3H3;1H. The highest BCUT2D eigenvalue weighted by atomic mass is 79.9. The van der Waals surface area contributed by atoms with Crippen LogP contribution in [-0.4, -0.2) is 26.5 Å². The van der Waals surface area contributed by atoms with E-state index in [4.69, 9.17) is 0 Å². The van der Waals surface area contributed by atoms with Crippen LogP contribution < -0.4 is 17.3 Å². The van der Waals surface area contributed by atoms with Crippen molar-refractivity contribution in [3.63, 3.8) is 0 Å². The molecular formula is C17H39BrClN. The molecule has 0 amide bonds. The Morgan fingerprint density at radius 2 is 0.850 bits per heavy atom. The molecule has 0 bridgehead atoms. The van der Waals surface area contributed by atoms with Gasteiger partial charge in [-0.15, -0.1) is 0 Å². The number of rotatable bonds is 12. The number of halogens is 2. The van der Waals surface area contributed by atoms with Crippen LogP contribution in [0.25, 0.3) is 0 Å². The minimum absolute atomic E-state index is 0. The smallest absolute Gasteiger partial charge is 0.0661 e. The van der Waals surface area contributed by atoms with Crippen LogP contribution in [0.2, 0.25) is 0 Å². The van der Waals surface area contributed by atoms with Crippen LogP contribution in [0.5, 0.6) is 0 Å². The van der Waals surface area contributed by atoms with E-state index >= 15 is 0 Å². The molecule has 0 aliphatic heterocycles. The molecular weight excluding hydrogens is 334 g/mol. The largest absolute Gasteiger partial charge is 1.00 e. The molecule has 0 saturated carbocycles. The average Bonchev–Trinajstić information content (AvgIpc) is 2.35. The lowest BCUT2D eigenvalue weighted by Gasteiger charge is -2.01. The van der Waals surface area contributed by atoms with Gasteiger partial charge in [0, 0.05) is 5.33 Å². The highest BCUT2D eigenvalue weighted by Gasteiger charge is 1.92. The predicted molar refractivity (Wildman–Crippen MR) is 93.6 cm³/mol. The minimum Gasteiger partial charge on any atom is -1.00 e. The van der Waals surface area contributed by atoms with Gasteiger partial charge < -0.3 is 17.3 Å². The van der Waals surface area contributed by atoms with E-state index in [0.717, 1.165) is 0 Å². The van der Waals surface area contributed by atoms with Crippen molar-refractivity contribution in [2.24, 2.45) is 0 Å². The number of nitrogens with one attached hydrogen (secondary N) is 1. The molecule has 0 radical (unpaired) electrons. The maximum Gasteiger partial charge on any atom is 0.0661 e. The van der Waals surface area contributed by atoms with Crippen LogP contribution in [0.4, 0.5) is 0 Å². The second kappa shape index (κ2) is 24.7. The molecule has 1 N–H and O–H groups in total. The van der Waals surface area contributed by atoms with E-state index in [9.17, 15) is 0 Å². The van der Waals surface area contributed by atoms with E-state index in [1.165, 1.54) is 87.3 Å². The Morgan fingerprint density at radius 1 is 0.600 bits per heavy atom. The number of hydrogen-bond donors (Lipinski definition) is 1. The lowest BCUT2D eigenvalue weighted by Crippen LogP contribution is -3.02. The molecule has 1 nitrogen and oxygen atoms in total. The molecule has 126 valence electrons. The van der Waals surface area contributed by atoms with E-state index in [0.29, 0.717) is 0 Å². The third-order valence-corrected chi connectivity index (χ3v) is 3.55. The SMILES string of the molecule is CCCCCCCCCCCCCCBr.C[NH+](C)C.[Cl-]. The molecule has 0 atom stereocenters. The fourth-order valence-electron chi connectivity index (χ4n) is 1.94. The van der Waals surface area contributed by atoms with Crippen molar-refractivity contribution in [1.82, 2.24) is 0 Å². The van der Waals surface area contributed by atoms with Crippen molar-refractivity contribution in [3.05, 3.63) is 0 Å². The van der Waals surface area contributed by atoms with Gasteiger partial charge in [0.1, 0.15) is 0 Å². The van der Waals surface area contributed by atoms with Crippen LogP contribution in [0.15, 0.2) is 0 Å². The average molecular weight is 373 g/mol. The van der Waals surface area contributed by atoms with E-state index in [1.807, 2.05) is 0 Å². The zero-order valence-electron chi connectivity index (χ0n) is 14.4. The summed E-state index contributed by atoms with van der Waals surface area (Å²) in [5, 5.41) is 1.18. The summed E-state index contributed by atoms with van der Waals surface area (Å²) < 4.78 is 0. The Labute approximate surface area is 143 Å². The first-order valence-corrected chi connectivity index (χ1v) is 9.60. The summed E-state index contributed by atoms with van der Waals surface area (Å²) in [7, 11) is 6.25. The second-order valence-corrected chi connectivity index (χ2v) is 6.87. The molecule has 0 rings (SSSR count). The molecule has 0 saturated heterocycles. The summed E-state index contributed by atoms with van der Waals surface area (Å²) in [6.45, 7) is 2.28. The van der Waals surface area contributed by atoms with Gasteiger partial charge in [0.25, 0.3) is 0 Å². The Bertz CT molecular complexity index is 128. The summed E-state index contributed by atoms with van der Waals surface area (Å²) >= 11 is 3.47. The first-order chi connectivity index (χ1) is 9.15. The molecule has 0 aliphatic carbocycles. The van der Waals surface area contributed by atoms with Crippen molar-refractivity contribution >= 4 is 15.9 Å². The lowest BCUT2D eigenvalue weighted by atomic mass is 10.1. The van der Waals surface area contributed by atoms with Crippen LogP contribution in [0, 0.1) is 0 Å². The summed E-state index contributed by atoms with van der Waals surface area (Å²) in [6.07, 6.45) is 17.3. The Hall–Kier alpha value is 0.730. The molecule has 0 aliphatic rings. The summed E-state index contributed by atoms with van der Waals surface area (Å²) in [6, 6.07) is 0. The van der Waals surface area contributed by atoms with Crippen LogP contribution in [0.1, 0.15) is 84.0 Å². The number of quaternary nitrogens is 1. The van der Waals surface area contributed by atoms with Crippen molar-refractivity contribution in [2.45, 2.75) is 84.0 Å². The number of alkyl halides is 1. The number of hydrogen-bond acceptors (Lipinski definition) is 0. The predicted octanol–water partition coefficient (Wildman–Crippen LogP) is 1.85. The third kappa shape index (κ3) is 36.3. The first-order valence-electron chi connectivity index (χ1n) is 8.47. The van der Waals surface area contributed by atoms with Crippen molar-refractivity contribution in [3.8, 4) is 0 Å². The molecule has 0 fully saturated rings. The molecule has 3 heteroatoms. The zero-order valence-corrected chi connectivity index (χ0v) is 16.8. The van der Waals surface area contributed by atoms with Crippen molar-refractivity contribution in [2.75, 3.05) is 26.5 Å². The maximum absolute atomic E-state index is 3.47. The Balaban J connectivity index is -0.000000508. The van der Waals surface area contributed by atoms with Crippen LogP contribution in [0.3, 0.4) is 0 Å². The number of unbranched alkanes of at least 4 members (excludes halogenated alkanes) is 11. The highest BCUT2D eigenvalue weighted by Crippen LogP contribution is 2.11. The van der Waals surface area contributed by atoms with Crippen LogP contribution >= 0.6 is 15.9 Å². The van der Waals surface area contributed by atoms with Crippen molar-refractivity contribution < 1.29 is 17.3 Å². The molecule has 0 heterocycles. The van der Waals surface area contributed by atoms with Gasteiger partial charge in [0.05, 0.1) is 21.1 Å². The first kappa shape index (κ1) is 25.7. The van der Waals surface area contributed by atoms with Gasteiger partial charge in [0.15, 0.2) is 0 Å². The zero-order chi connectivity index (χ0) is 14.8. The molecule has 0 aromatic carbocycles. The van der Waals surface area contributed by atoms with E-state index in [1.54, 1.807) is 0 Å². The fourth-order valence-corrected chi connectivity index (χ4v) is 2.33. The third-order valence-electron chi connectivity index (χ3n) is 2.99. The van der Waals surface area contributed by atoms with E-state index in [2.05, 4.69) is 44.0 Å². The molecule has 0 unspecified atom stereocenters. The quantitative estimate of drug-likeness (QED) is 0.394. The normalized spacial score (nSPS) is 9.90. The lowest BCUT2D eigenvalue weighted by molar-refractivity contribution is -0.836. The fraction of sp³-hybridized carbons (Fsp3) is 1.00. The summed E-state index contributed by atoms with van der Waals surface area (Å²) in [5.41, 5.74) is 0. The highest BCUT2D eigenvalue weighted by molar-refractivity contribution is 9.09. The monoisotopic (exact) mass is 371 g/mol. The second-order valence-electron chi connectivity index (χ2n) is 6.08. The van der Waals surface area contributed by atoms with E-state index in [-0.39, 0.29) is 12.4 Å². The molecule has 0 spiro atoms. The molecule has 0 aromatic heterocycles. The summed E-state index contributed by atoms with van der Waals surface area (Å²) in [5.74, 6) is 0. The van der Waals surface area contributed by atoms with Gasteiger partial charge in [-0.05, 0) is 6.42 Å². The molecule has 0 aromatic rings. The summed E-state index contributed by atoms with van der Waals surface area (Å²) in [4.78, 5) is 1.42. The van der Waals surface area contributed by atoms with Gasteiger partial charge in [-0.3, -0.25) is 0 Å². The van der Waals surface area contributed by atoms with Gasteiger partial charge >= 0.3 is 0 Å². The maximum atomic E-state index is 3.47. The Morgan fingerprint density at radius 3 is 1.10 bits per heavy atom. The van der Waals surface area contributed by atoms with E-state index < -0.39 is 0 Å². The Kier molecular flexibility index (Phi) is 31.7. The van der Waals surface area contributed by atoms with Crippen molar-refractivity contribution in [1.29, 1.82) is 0 Å². The minimum atomic E-state index is 0. The topological polar surface area (TPSA) is 4.44 Å². The van der Waals surface area contributed by atoms with Crippen LogP contribution in [-0.2, 0) is 0 Å². The van der Waals surface area contributed by atoms with Gasteiger partial charge in [-0.25, -0.2) is 0 Å². The molecule has 20 heavy (non-hydrogen) atoms.